The molecule has 2 aromatic carbocycles. The number of aromatic nitrogens is 2. The fourth-order valence-electron chi connectivity index (χ4n) is 3.17. The monoisotopic (exact) mass is 430 g/mol. The minimum absolute atomic E-state index is 0.141. The Morgan fingerprint density at radius 2 is 1.73 bits per heavy atom. The Morgan fingerprint density at radius 1 is 1.07 bits per heavy atom. The molecule has 0 bridgehead atoms. The normalized spacial score (nSPS) is 12.6. The van der Waals surface area contributed by atoms with E-state index < -0.39 is 29.4 Å². The van der Waals surface area contributed by atoms with Crippen LogP contribution in [0.4, 0.5) is 4.79 Å². The van der Waals surface area contributed by atoms with Gasteiger partial charge in [0.15, 0.2) is 6.04 Å². The predicted molar refractivity (Wildman–Crippen MR) is 114 cm³/mol. The van der Waals surface area contributed by atoms with Crippen molar-refractivity contribution in [1.82, 2.24) is 9.13 Å². The molecular weight excluding hydrogens is 408 g/mol. The molecule has 158 valence electrons. The van der Waals surface area contributed by atoms with Crippen molar-refractivity contribution in [2.75, 3.05) is 6.61 Å². The number of ether oxygens (including phenoxy) is 2. The molecule has 0 radical (unpaired) electrons. The molecule has 0 N–H and O–H groups in total. The van der Waals surface area contributed by atoms with E-state index in [9.17, 15) is 14.4 Å². The number of halogens is 1. The van der Waals surface area contributed by atoms with Gasteiger partial charge in [-0.05, 0) is 51.5 Å². The van der Waals surface area contributed by atoms with Crippen molar-refractivity contribution < 1.29 is 19.1 Å². The summed E-state index contributed by atoms with van der Waals surface area (Å²) in [7, 11) is 0. The lowest BCUT2D eigenvalue weighted by Crippen LogP contribution is -2.37. The van der Waals surface area contributed by atoms with E-state index in [1.807, 2.05) is 0 Å². The largest absolute Gasteiger partial charge is 0.464 e. The lowest BCUT2D eigenvalue weighted by atomic mass is 10.1. The van der Waals surface area contributed by atoms with Crippen molar-refractivity contribution in [1.29, 1.82) is 0 Å². The summed E-state index contributed by atoms with van der Waals surface area (Å²) in [5.74, 6) is -0.617. The summed E-state index contributed by atoms with van der Waals surface area (Å²) in [6.45, 7) is 6.94. The van der Waals surface area contributed by atoms with Gasteiger partial charge < -0.3 is 9.47 Å². The Morgan fingerprint density at radius 3 is 2.33 bits per heavy atom. The Labute approximate surface area is 178 Å². The fourth-order valence-corrected chi connectivity index (χ4v) is 3.34. The second-order valence-corrected chi connectivity index (χ2v) is 8.10. The second kappa shape index (κ2) is 8.36. The summed E-state index contributed by atoms with van der Waals surface area (Å²) < 4.78 is 12.8. The third-order valence-electron chi connectivity index (χ3n) is 4.29. The van der Waals surface area contributed by atoms with E-state index >= 15 is 0 Å². The van der Waals surface area contributed by atoms with Crippen LogP contribution in [0.25, 0.3) is 11.0 Å². The van der Waals surface area contributed by atoms with E-state index in [4.69, 9.17) is 21.1 Å². The van der Waals surface area contributed by atoms with Gasteiger partial charge in [0.05, 0.1) is 17.6 Å². The molecule has 0 fully saturated rings. The van der Waals surface area contributed by atoms with E-state index in [0.717, 1.165) is 4.57 Å². The van der Waals surface area contributed by atoms with Crippen LogP contribution in [-0.4, -0.2) is 33.4 Å². The molecule has 0 amide bonds. The van der Waals surface area contributed by atoms with Gasteiger partial charge in [-0.3, -0.25) is 4.57 Å². The van der Waals surface area contributed by atoms with Gasteiger partial charge in [-0.15, -0.1) is 0 Å². The molecule has 1 atom stereocenters. The standard InChI is InChI=1S/C22H23ClN2O5/c1-5-29-19(26)18(14-9-7-6-8-10-14)24-17-13-15(23)11-12-16(17)25(20(24)27)21(28)30-22(2,3)4/h6-13,18H,5H2,1-4H3. The molecule has 3 rings (SSSR count). The van der Waals surface area contributed by atoms with Crippen molar-refractivity contribution in [2.45, 2.75) is 39.3 Å². The molecule has 0 aliphatic heterocycles. The Hall–Kier alpha value is -3.06. The molecule has 3 aromatic rings. The Kier molecular flexibility index (Phi) is 6.03. The molecule has 8 heteroatoms. The van der Waals surface area contributed by atoms with Gasteiger partial charge in [-0.1, -0.05) is 41.9 Å². The quantitative estimate of drug-likeness (QED) is 0.573. The smallest absolute Gasteiger partial charge is 0.423 e. The number of rotatable bonds is 4. The average Bonchev–Trinajstić information content (AvgIpc) is 2.93. The summed E-state index contributed by atoms with van der Waals surface area (Å²) >= 11 is 6.17. The molecular formula is C22H23ClN2O5. The van der Waals surface area contributed by atoms with Gasteiger partial charge in [0.25, 0.3) is 0 Å². The lowest BCUT2D eigenvalue weighted by Gasteiger charge is -2.19. The third-order valence-corrected chi connectivity index (χ3v) is 4.53. The van der Waals surface area contributed by atoms with Crippen molar-refractivity contribution in [2.24, 2.45) is 0 Å². The lowest BCUT2D eigenvalue weighted by molar-refractivity contribution is -0.145. The molecule has 0 spiro atoms. The zero-order valence-electron chi connectivity index (χ0n) is 17.2. The number of imidazole rings is 1. The van der Waals surface area contributed by atoms with Crippen LogP contribution in [0.1, 0.15) is 39.3 Å². The predicted octanol–water partition coefficient (Wildman–Crippen LogP) is 4.39. The highest BCUT2D eigenvalue weighted by Crippen LogP contribution is 2.27. The number of hydrogen-bond donors (Lipinski definition) is 0. The molecule has 0 saturated carbocycles. The molecule has 7 nitrogen and oxygen atoms in total. The Balaban J connectivity index is 2.32. The number of benzene rings is 2. The summed E-state index contributed by atoms with van der Waals surface area (Å²) in [5.41, 5.74) is -0.383. The van der Waals surface area contributed by atoms with E-state index in [0.29, 0.717) is 16.1 Å². The van der Waals surface area contributed by atoms with E-state index in [1.165, 1.54) is 10.6 Å². The zero-order chi connectivity index (χ0) is 22.1. The summed E-state index contributed by atoms with van der Waals surface area (Å²) in [6, 6.07) is 12.3. The van der Waals surface area contributed by atoms with Gasteiger partial charge in [-0.25, -0.2) is 14.4 Å². The first-order valence-electron chi connectivity index (χ1n) is 9.51. The van der Waals surface area contributed by atoms with E-state index in [1.54, 1.807) is 70.2 Å². The highest BCUT2D eigenvalue weighted by Gasteiger charge is 2.32. The number of hydrogen-bond acceptors (Lipinski definition) is 5. The molecule has 0 aliphatic carbocycles. The second-order valence-electron chi connectivity index (χ2n) is 7.67. The SMILES string of the molecule is CCOC(=O)C(c1ccccc1)n1c(=O)n(C(=O)OC(C)(C)C)c2ccc(Cl)cc21. The zero-order valence-corrected chi connectivity index (χ0v) is 18.0. The maximum atomic E-state index is 13.4. The minimum atomic E-state index is -1.09. The first-order valence-corrected chi connectivity index (χ1v) is 9.89. The number of nitrogens with zero attached hydrogens (tertiary/aromatic N) is 2. The molecule has 0 aliphatic rings. The van der Waals surface area contributed by atoms with Gasteiger partial charge in [0.2, 0.25) is 0 Å². The highest BCUT2D eigenvalue weighted by molar-refractivity contribution is 6.31. The van der Waals surface area contributed by atoms with Crippen LogP contribution < -0.4 is 5.69 Å². The molecule has 0 saturated heterocycles. The van der Waals surface area contributed by atoms with Gasteiger partial charge >= 0.3 is 17.8 Å². The van der Waals surface area contributed by atoms with Crippen LogP contribution in [-0.2, 0) is 14.3 Å². The summed E-state index contributed by atoms with van der Waals surface area (Å²) in [4.78, 5) is 39.1. The maximum Gasteiger partial charge on any atom is 0.423 e. The van der Waals surface area contributed by atoms with E-state index in [-0.39, 0.29) is 12.1 Å². The van der Waals surface area contributed by atoms with Crippen molar-refractivity contribution in [3.05, 3.63) is 69.6 Å². The molecule has 30 heavy (non-hydrogen) atoms. The number of carbonyl (C=O) groups is 2. The highest BCUT2D eigenvalue weighted by atomic mass is 35.5. The van der Waals surface area contributed by atoms with Gasteiger partial charge in [0, 0.05) is 5.02 Å². The third kappa shape index (κ3) is 4.26. The Bertz CT molecular complexity index is 1140. The van der Waals surface area contributed by atoms with Crippen molar-refractivity contribution in [3.63, 3.8) is 0 Å². The average molecular weight is 431 g/mol. The number of carbonyl (C=O) groups excluding carboxylic acids is 2. The molecule has 1 heterocycles. The fraction of sp³-hybridized carbons (Fsp3) is 0.318. The maximum absolute atomic E-state index is 13.4. The van der Waals surface area contributed by atoms with Crippen LogP contribution in [0, 0.1) is 0 Å². The van der Waals surface area contributed by atoms with Crippen LogP contribution in [0.2, 0.25) is 5.02 Å². The first kappa shape index (κ1) is 21.6. The van der Waals surface area contributed by atoms with Crippen LogP contribution in [0.3, 0.4) is 0 Å². The van der Waals surface area contributed by atoms with Crippen molar-refractivity contribution in [3.8, 4) is 0 Å². The molecule has 1 aromatic heterocycles. The topological polar surface area (TPSA) is 79.5 Å². The van der Waals surface area contributed by atoms with Crippen LogP contribution >= 0.6 is 11.6 Å². The molecule has 1 unspecified atom stereocenters. The van der Waals surface area contributed by atoms with E-state index in [2.05, 4.69) is 0 Å². The first-order chi connectivity index (χ1) is 14.1. The number of fused-ring (bicyclic) bond motifs is 1. The van der Waals surface area contributed by atoms with Crippen LogP contribution in [0.5, 0.6) is 0 Å². The van der Waals surface area contributed by atoms with Crippen molar-refractivity contribution >= 4 is 34.7 Å². The summed E-state index contributed by atoms with van der Waals surface area (Å²) in [6.07, 6.45) is -0.839. The van der Waals surface area contributed by atoms with Gasteiger partial charge in [-0.2, -0.15) is 4.57 Å². The van der Waals surface area contributed by atoms with Crippen LogP contribution in [0.15, 0.2) is 53.3 Å². The minimum Gasteiger partial charge on any atom is -0.464 e. The van der Waals surface area contributed by atoms with Gasteiger partial charge in [0.1, 0.15) is 5.60 Å². The number of esters is 1. The summed E-state index contributed by atoms with van der Waals surface area (Å²) in [5, 5.41) is 0.355.